The van der Waals surface area contributed by atoms with Gasteiger partial charge in [0.25, 0.3) is 0 Å². The number of nitrogens with one attached hydrogen (secondary N) is 1. The van der Waals surface area contributed by atoms with Gasteiger partial charge in [0, 0.05) is 37.1 Å². The molecule has 0 unspecified atom stereocenters. The number of rotatable bonds is 6. The number of carbonyl (C=O) groups excluding carboxylic acids is 1. The van der Waals surface area contributed by atoms with E-state index in [1.54, 1.807) is 18.6 Å². The number of pyridine rings is 2. The standard InChI is InChI=1S/C19H23N3O/c23-19(6-5-15-3-1-2-4-15)22-14-16-7-12-21-18(13-16)17-8-10-20-11-9-17/h7-13,15H,1-6,14H2,(H,22,23). The molecule has 0 radical (unpaired) electrons. The highest BCUT2D eigenvalue weighted by Crippen LogP contribution is 2.28. The molecule has 0 aromatic carbocycles. The molecule has 1 saturated carbocycles. The predicted octanol–water partition coefficient (Wildman–Crippen LogP) is 3.73. The second-order valence-corrected chi connectivity index (χ2v) is 6.25. The van der Waals surface area contributed by atoms with Gasteiger partial charge in [-0.05, 0) is 42.2 Å². The van der Waals surface area contributed by atoms with E-state index in [0.29, 0.717) is 13.0 Å². The third kappa shape index (κ3) is 4.62. The molecule has 0 saturated heterocycles. The molecular formula is C19H23N3O. The Morgan fingerprint density at radius 1 is 1.13 bits per heavy atom. The molecule has 1 aliphatic rings. The fraction of sp³-hybridized carbons (Fsp3) is 0.421. The molecular weight excluding hydrogens is 286 g/mol. The van der Waals surface area contributed by atoms with Crippen LogP contribution in [-0.4, -0.2) is 15.9 Å². The van der Waals surface area contributed by atoms with E-state index in [1.807, 2.05) is 24.3 Å². The van der Waals surface area contributed by atoms with E-state index in [2.05, 4.69) is 15.3 Å². The summed E-state index contributed by atoms with van der Waals surface area (Å²) in [4.78, 5) is 20.4. The van der Waals surface area contributed by atoms with Gasteiger partial charge < -0.3 is 5.32 Å². The third-order valence-corrected chi connectivity index (χ3v) is 4.54. The minimum Gasteiger partial charge on any atom is -0.352 e. The highest BCUT2D eigenvalue weighted by Gasteiger charge is 2.16. The van der Waals surface area contributed by atoms with E-state index >= 15 is 0 Å². The van der Waals surface area contributed by atoms with E-state index in [0.717, 1.165) is 29.2 Å². The maximum atomic E-state index is 12.0. The maximum absolute atomic E-state index is 12.0. The molecule has 1 N–H and O–H groups in total. The summed E-state index contributed by atoms with van der Waals surface area (Å²) in [6.07, 6.45) is 12.2. The van der Waals surface area contributed by atoms with Crippen LogP contribution in [0.1, 0.15) is 44.1 Å². The molecule has 3 rings (SSSR count). The Hall–Kier alpha value is -2.23. The molecule has 120 valence electrons. The SMILES string of the molecule is O=C(CCC1CCCC1)NCc1ccnc(-c2ccncc2)c1. The average Bonchev–Trinajstić information content (AvgIpc) is 3.13. The predicted molar refractivity (Wildman–Crippen MR) is 90.5 cm³/mol. The lowest BCUT2D eigenvalue weighted by atomic mass is 10.0. The quantitative estimate of drug-likeness (QED) is 0.884. The summed E-state index contributed by atoms with van der Waals surface area (Å²) in [5, 5.41) is 3.02. The lowest BCUT2D eigenvalue weighted by molar-refractivity contribution is -0.121. The summed E-state index contributed by atoms with van der Waals surface area (Å²) < 4.78 is 0. The Morgan fingerprint density at radius 2 is 1.91 bits per heavy atom. The van der Waals surface area contributed by atoms with Gasteiger partial charge in [0.15, 0.2) is 0 Å². The zero-order valence-electron chi connectivity index (χ0n) is 13.4. The zero-order chi connectivity index (χ0) is 15.9. The van der Waals surface area contributed by atoms with Crippen molar-refractivity contribution in [1.82, 2.24) is 15.3 Å². The van der Waals surface area contributed by atoms with Crippen molar-refractivity contribution in [1.29, 1.82) is 0 Å². The van der Waals surface area contributed by atoms with Crippen LogP contribution in [0.2, 0.25) is 0 Å². The van der Waals surface area contributed by atoms with E-state index in [4.69, 9.17) is 0 Å². The minimum atomic E-state index is 0.152. The van der Waals surface area contributed by atoms with Gasteiger partial charge in [-0.2, -0.15) is 0 Å². The van der Waals surface area contributed by atoms with Crippen molar-refractivity contribution in [3.8, 4) is 11.3 Å². The average molecular weight is 309 g/mol. The Labute approximate surface area is 137 Å². The molecule has 2 aromatic rings. The van der Waals surface area contributed by atoms with Gasteiger partial charge in [0.2, 0.25) is 5.91 Å². The van der Waals surface area contributed by atoms with Crippen molar-refractivity contribution in [2.45, 2.75) is 45.1 Å². The van der Waals surface area contributed by atoms with Crippen LogP contribution in [-0.2, 0) is 11.3 Å². The molecule has 2 aromatic heterocycles. The zero-order valence-corrected chi connectivity index (χ0v) is 13.4. The van der Waals surface area contributed by atoms with E-state index < -0.39 is 0 Å². The first-order chi connectivity index (χ1) is 11.3. The minimum absolute atomic E-state index is 0.152. The van der Waals surface area contributed by atoms with Crippen LogP contribution in [0.5, 0.6) is 0 Å². The summed E-state index contributed by atoms with van der Waals surface area (Å²) in [7, 11) is 0. The van der Waals surface area contributed by atoms with Gasteiger partial charge in [-0.1, -0.05) is 25.7 Å². The lowest BCUT2D eigenvalue weighted by Gasteiger charge is -2.10. The number of hydrogen-bond acceptors (Lipinski definition) is 3. The van der Waals surface area contributed by atoms with Crippen molar-refractivity contribution < 1.29 is 4.79 Å². The van der Waals surface area contributed by atoms with Gasteiger partial charge in [-0.25, -0.2) is 0 Å². The maximum Gasteiger partial charge on any atom is 0.220 e. The molecule has 4 nitrogen and oxygen atoms in total. The van der Waals surface area contributed by atoms with Crippen molar-refractivity contribution >= 4 is 5.91 Å². The summed E-state index contributed by atoms with van der Waals surface area (Å²) in [5.41, 5.74) is 3.01. The first kappa shape index (κ1) is 15.7. The summed E-state index contributed by atoms with van der Waals surface area (Å²) in [6.45, 7) is 0.560. The number of carbonyl (C=O) groups is 1. The highest BCUT2D eigenvalue weighted by molar-refractivity contribution is 5.75. The first-order valence-corrected chi connectivity index (χ1v) is 8.43. The molecule has 2 heterocycles. The molecule has 0 aliphatic heterocycles. The number of amides is 1. The van der Waals surface area contributed by atoms with Gasteiger partial charge in [-0.3, -0.25) is 14.8 Å². The molecule has 1 aliphatic carbocycles. The Kier molecular flexibility index (Phi) is 5.35. The fourth-order valence-corrected chi connectivity index (χ4v) is 3.19. The smallest absolute Gasteiger partial charge is 0.220 e. The number of hydrogen-bond donors (Lipinski definition) is 1. The van der Waals surface area contributed by atoms with Gasteiger partial charge in [-0.15, -0.1) is 0 Å². The molecule has 4 heteroatoms. The van der Waals surface area contributed by atoms with Crippen LogP contribution in [0.3, 0.4) is 0 Å². The monoisotopic (exact) mass is 309 g/mol. The van der Waals surface area contributed by atoms with Gasteiger partial charge >= 0.3 is 0 Å². The molecule has 0 bridgehead atoms. The van der Waals surface area contributed by atoms with Crippen LogP contribution in [0.15, 0.2) is 42.9 Å². The lowest BCUT2D eigenvalue weighted by Crippen LogP contribution is -2.23. The van der Waals surface area contributed by atoms with Crippen molar-refractivity contribution in [3.05, 3.63) is 48.4 Å². The van der Waals surface area contributed by atoms with Crippen LogP contribution < -0.4 is 5.32 Å². The molecule has 0 atom stereocenters. The van der Waals surface area contributed by atoms with Crippen LogP contribution in [0, 0.1) is 5.92 Å². The third-order valence-electron chi connectivity index (χ3n) is 4.54. The Morgan fingerprint density at radius 3 is 2.70 bits per heavy atom. The first-order valence-electron chi connectivity index (χ1n) is 8.43. The topological polar surface area (TPSA) is 54.9 Å². The highest BCUT2D eigenvalue weighted by atomic mass is 16.1. The normalized spacial score (nSPS) is 14.8. The number of nitrogens with zero attached hydrogens (tertiary/aromatic N) is 2. The van der Waals surface area contributed by atoms with Crippen molar-refractivity contribution in [2.75, 3.05) is 0 Å². The van der Waals surface area contributed by atoms with Gasteiger partial charge in [0.05, 0.1) is 5.69 Å². The fourth-order valence-electron chi connectivity index (χ4n) is 3.19. The van der Waals surface area contributed by atoms with Crippen LogP contribution in [0.4, 0.5) is 0 Å². The Balaban J connectivity index is 1.51. The second-order valence-electron chi connectivity index (χ2n) is 6.25. The van der Waals surface area contributed by atoms with Crippen molar-refractivity contribution in [2.24, 2.45) is 5.92 Å². The largest absolute Gasteiger partial charge is 0.352 e. The van der Waals surface area contributed by atoms with Crippen LogP contribution >= 0.6 is 0 Å². The van der Waals surface area contributed by atoms with Gasteiger partial charge in [0.1, 0.15) is 0 Å². The van der Waals surface area contributed by atoms with Crippen LogP contribution in [0.25, 0.3) is 11.3 Å². The molecule has 0 spiro atoms. The Bertz CT molecular complexity index is 636. The second kappa shape index (κ2) is 7.86. The molecule has 1 fully saturated rings. The molecule has 23 heavy (non-hydrogen) atoms. The molecule has 1 amide bonds. The van der Waals surface area contributed by atoms with E-state index in [1.165, 1.54) is 25.7 Å². The summed E-state index contributed by atoms with van der Waals surface area (Å²) in [5.74, 6) is 0.916. The van der Waals surface area contributed by atoms with Crippen molar-refractivity contribution in [3.63, 3.8) is 0 Å². The van der Waals surface area contributed by atoms with E-state index in [9.17, 15) is 4.79 Å². The number of aromatic nitrogens is 2. The summed E-state index contributed by atoms with van der Waals surface area (Å²) in [6, 6.07) is 7.84. The summed E-state index contributed by atoms with van der Waals surface area (Å²) >= 11 is 0. The van der Waals surface area contributed by atoms with E-state index in [-0.39, 0.29) is 5.91 Å².